The minimum atomic E-state index is -1.97. The van der Waals surface area contributed by atoms with E-state index in [2.05, 4.69) is 0 Å². The van der Waals surface area contributed by atoms with Crippen LogP contribution < -0.4 is 0 Å². The zero-order chi connectivity index (χ0) is 38.6. The standard InChI is InChI=1S/C37H67NO13/c1-14-25(39)36(10,43)31-22(6)37(44)18(2)16-35(9,51-37)30(50-33-27(40)24(38(11)12)15-19(3)46-33)20(4)28(21(5)32(42)49-31)48-26-17-34(8,45-13)29(41)23(7)47-26/h18-31,33,39-41,43-44H,14-17H2,1-13H3/t18-,19-,20+,21-,22-,23+,24+,25-,26+,27-,28+,29+,30-,31-,33+,34-,35-,36-,37+/m1/s1. The fourth-order valence-corrected chi connectivity index (χ4v) is 9.16. The second-order valence-corrected chi connectivity index (χ2v) is 16.9. The molecule has 4 heterocycles. The number of esters is 1. The number of nitrogens with zero attached hydrogens (tertiary/aromatic N) is 1. The summed E-state index contributed by atoms with van der Waals surface area (Å²) in [6.07, 6.45) is -8.36. The molecular weight excluding hydrogens is 666 g/mol. The molecule has 298 valence electrons. The van der Waals surface area contributed by atoms with Crippen LogP contribution in [0, 0.1) is 23.7 Å². The van der Waals surface area contributed by atoms with Crippen LogP contribution in [0.5, 0.6) is 0 Å². The number of cyclic esters (lactones) is 1. The Morgan fingerprint density at radius 1 is 1.04 bits per heavy atom. The van der Waals surface area contributed by atoms with Gasteiger partial charge in [-0.05, 0) is 74.9 Å². The average Bonchev–Trinajstić information content (AvgIpc) is 3.31. The number of aliphatic hydroxyl groups excluding tert-OH is 3. The highest BCUT2D eigenvalue weighted by molar-refractivity contribution is 5.73. The van der Waals surface area contributed by atoms with Gasteiger partial charge in [0.2, 0.25) is 0 Å². The molecule has 0 aromatic rings. The number of ether oxygens (including phenoxy) is 7. The first-order valence-electron chi connectivity index (χ1n) is 18.7. The number of carbonyl (C=O) groups is 1. The Bertz CT molecular complexity index is 1190. The predicted octanol–water partition coefficient (Wildman–Crippen LogP) is 1.94. The van der Waals surface area contributed by atoms with E-state index in [-0.39, 0.29) is 31.4 Å². The maximum absolute atomic E-state index is 14.3. The Hall–Kier alpha value is -1.01. The average molecular weight is 734 g/mol. The summed E-state index contributed by atoms with van der Waals surface area (Å²) in [7, 11) is 5.28. The van der Waals surface area contributed by atoms with Crippen LogP contribution in [-0.2, 0) is 38.0 Å². The highest BCUT2D eigenvalue weighted by Gasteiger charge is 2.64. The van der Waals surface area contributed by atoms with Crippen LogP contribution >= 0.6 is 0 Å². The molecule has 0 unspecified atom stereocenters. The van der Waals surface area contributed by atoms with Crippen LogP contribution in [-0.4, -0.2) is 148 Å². The summed E-state index contributed by atoms with van der Waals surface area (Å²) in [6, 6.07) is -0.269. The van der Waals surface area contributed by atoms with Crippen molar-refractivity contribution < 1.29 is 63.5 Å². The maximum Gasteiger partial charge on any atom is 0.311 e. The molecule has 0 saturated carbocycles. The van der Waals surface area contributed by atoms with Crippen LogP contribution in [0.25, 0.3) is 0 Å². The van der Waals surface area contributed by atoms with Gasteiger partial charge in [-0.25, -0.2) is 0 Å². The number of fused-ring (bicyclic) bond motifs is 2. The van der Waals surface area contributed by atoms with Crippen molar-refractivity contribution >= 4 is 5.97 Å². The van der Waals surface area contributed by atoms with E-state index < -0.39 is 108 Å². The first-order chi connectivity index (χ1) is 23.5. The quantitative estimate of drug-likeness (QED) is 0.217. The van der Waals surface area contributed by atoms with Crippen LogP contribution in [0.3, 0.4) is 0 Å². The van der Waals surface area contributed by atoms with Gasteiger partial charge in [0, 0.05) is 31.4 Å². The smallest absolute Gasteiger partial charge is 0.311 e. The second kappa shape index (κ2) is 15.6. The van der Waals surface area contributed by atoms with E-state index in [1.807, 2.05) is 46.7 Å². The molecule has 4 saturated heterocycles. The number of rotatable bonds is 9. The van der Waals surface area contributed by atoms with Gasteiger partial charge in [0.1, 0.15) is 23.9 Å². The molecule has 14 heteroatoms. The molecule has 0 amide bonds. The molecule has 0 aromatic heterocycles. The van der Waals surface area contributed by atoms with Gasteiger partial charge in [0.25, 0.3) is 0 Å². The van der Waals surface area contributed by atoms with E-state index >= 15 is 0 Å². The van der Waals surface area contributed by atoms with Gasteiger partial charge in [-0.1, -0.05) is 27.7 Å². The summed E-state index contributed by atoms with van der Waals surface area (Å²) in [6.45, 7) is 17.3. The molecule has 19 atom stereocenters. The number of methoxy groups -OCH3 is 1. The minimum Gasteiger partial charge on any atom is -0.458 e. The highest BCUT2D eigenvalue weighted by atomic mass is 16.7. The molecule has 4 fully saturated rings. The minimum absolute atomic E-state index is 0.139. The maximum atomic E-state index is 14.3. The number of hydrogen-bond acceptors (Lipinski definition) is 14. The monoisotopic (exact) mass is 733 g/mol. The second-order valence-electron chi connectivity index (χ2n) is 16.9. The largest absolute Gasteiger partial charge is 0.458 e. The van der Waals surface area contributed by atoms with Crippen LogP contribution in [0.4, 0.5) is 0 Å². The first-order valence-corrected chi connectivity index (χ1v) is 18.7. The van der Waals surface area contributed by atoms with Crippen LogP contribution in [0.1, 0.15) is 94.9 Å². The highest BCUT2D eigenvalue weighted by Crippen LogP contribution is 2.52. The lowest BCUT2D eigenvalue weighted by Gasteiger charge is -2.48. The van der Waals surface area contributed by atoms with Gasteiger partial charge >= 0.3 is 5.97 Å². The molecule has 14 nitrogen and oxygen atoms in total. The van der Waals surface area contributed by atoms with Crippen molar-refractivity contribution in [2.75, 3.05) is 21.2 Å². The van der Waals surface area contributed by atoms with Crippen molar-refractivity contribution in [2.24, 2.45) is 23.7 Å². The van der Waals surface area contributed by atoms with E-state index in [0.717, 1.165) is 0 Å². The van der Waals surface area contributed by atoms with Gasteiger partial charge in [0.15, 0.2) is 18.4 Å². The van der Waals surface area contributed by atoms with Crippen LogP contribution in [0.15, 0.2) is 0 Å². The topological polar surface area (TPSA) is 186 Å². The lowest BCUT2D eigenvalue weighted by Crippen LogP contribution is -2.61. The number of hydrogen-bond donors (Lipinski definition) is 5. The van der Waals surface area contributed by atoms with Crippen molar-refractivity contribution in [2.45, 2.75) is 185 Å². The van der Waals surface area contributed by atoms with E-state index in [1.165, 1.54) is 14.0 Å². The fraction of sp³-hybridized carbons (Fsp3) is 0.973. The molecule has 0 aliphatic carbocycles. The zero-order valence-electron chi connectivity index (χ0n) is 32.9. The van der Waals surface area contributed by atoms with Crippen molar-refractivity contribution in [1.29, 1.82) is 0 Å². The number of carbonyl (C=O) groups excluding carboxylic acids is 1. The Morgan fingerprint density at radius 3 is 2.24 bits per heavy atom. The lowest BCUT2D eigenvalue weighted by atomic mass is 9.74. The van der Waals surface area contributed by atoms with E-state index in [9.17, 15) is 30.3 Å². The summed E-state index contributed by atoms with van der Waals surface area (Å²) >= 11 is 0. The van der Waals surface area contributed by atoms with Crippen molar-refractivity contribution in [3.63, 3.8) is 0 Å². The summed E-state index contributed by atoms with van der Waals surface area (Å²) in [4.78, 5) is 16.2. The Morgan fingerprint density at radius 2 is 1.67 bits per heavy atom. The normalized spacial score (nSPS) is 50.3. The van der Waals surface area contributed by atoms with E-state index in [4.69, 9.17) is 33.2 Å². The Kier molecular flexibility index (Phi) is 13.1. The van der Waals surface area contributed by atoms with Crippen molar-refractivity contribution in [3.8, 4) is 0 Å². The number of aliphatic hydroxyl groups is 5. The van der Waals surface area contributed by atoms with Gasteiger partial charge in [-0.2, -0.15) is 0 Å². The Labute approximate surface area is 304 Å². The molecule has 0 radical (unpaired) electrons. The molecule has 4 aliphatic rings. The van der Waals surface area contributed by atoms with E-state index in [1.54, 1.807) is 34.6 Å². The summed E-state index contributed by atoms with van der Waals surface area (Å²) in [5.41, 5.74) is -4.23. The lowest BCUT2D eigenvalue weighted by molar-refractivity contribution is -0.337. The molecular formula is C37H67NO13. The predicted molar refractivity (Wildman–Crippen MR) is 185 cm³/mol. The van der Waals surface area contributed by atoms with Crippen molar-refractivity contribution in [3.05, 3.63) is 0 Å². The Balaban J connectivity index is 1.86. The molecule has 51 heavy (non-hydrogen) atoms. The zero-order valence-corrected chi connectivity index (χ0v) is 32.9. The SMILES string of the molecule is CC[C@@H](O)[C@@](C)(O)[C@@H]1OC(=O)[C@H](C)[C@@H](O[C@H]2C[C@@](C)(OC)[C@@H](O)[C@H](C)O2)[C@H](C)[C@@H](O[C@@H]2O[C@H](C)C[C@H](N(C)C)[C@H]2O)[C@@]2(C)C[C@@H](C)[C@](O)(O2)[C@@H]1C. The van der Waals surface area contributed by atoms with Gasteiger partial charge in [0.05, 0.1) is 53.6 Å². The van der Waals surface area contributed by atoms with E-state index in [0.29, 0.717) is 6.42 Å². The first kappa shape index (κ1) is 42.7. The van der Waals surface area contributed by atoms with Gasteiger partial charge in [-0.15, -0.1) is 0 Å². The summed E-state index contributed by atoms with van der Waals surface area (Å²) < 4.78 is 44.5. The fourth-order valence-electron chi connectivity index (χ4n) is 9.16. The van der Waals surface area contributed by atoms with Gasteiger partial charge < -0.3 is 63.6 Å². The molecule has 2 bridgehead atoms. The third-order valence-electron chi connectivity index (χ3n) is 12.6. The molecule has 4 aliphatic heterocycles. The summed E-state index contributed by atoms with van der Waals surface area (Å²) in [5.74, 6) is -5.94. The van der Waals surface area contributed by atoms with Gasteiger partial charge in [-0.3, -0.25) is 4.79 Å². The molecule has 0 aromatic carbocycles. The number of likely N-dealkylation sites (N-methyl/N-ethyl adjacent to an activating group) is 1. The molecule has 0 spiro atoms. The summed E-state index contributed by atoms with van der Waals surface area (Å²) in [5, 5.41) is 57.7. The third kappa shape index (κ3) is 8.04. The molecule has 5 N–H and O–H groups in total. The third-order valence-corrected chi connectivity index (χ3v) is 12.6. The van der Waals surface area contributed by atoms with Crippen LogP contribution in [0.2, 0.25) is 0 Å². The molecule has 4 rings (SSSR count). The van der Waals surface area contributed by atoms with Crippen molar-refractivity contribution in [1.82, 2.24) is 4.90 Å².